The lowest BCUT2D eigenvalue weighted by Crippen LogP contribution is -2.37. The van der Waals surface area contributed by atoms with E-state index in [4.69, 9.17) is 4.74 Å². The van der Waals surface area contributed by atoms with Crippen molar-refractivity contribution < 1.29 is 22.7 Å². The van der Waals surface area contributed by atoms with Crippen LogP contribution in [0.2, 0.25) is 0 Å². The Morgan fingerprint density at radius 3 is 2.67 bits per heavy atom. The zero-order chi connectivity index (χ0) is 21.1. The first-order chi connectivity index (χ1) is 14.4. The third kappa shape index (κ3) is 4.55. The van der Waals surface area contributed by atoms with Crippen LogP contribution in [0.15, 0.2) is 60.0 Å². The third-order valence-electron chi connectivity index (χ3n) is 4.88. The van der Waals surface area contributed by atoms with Crippen LogP contribution in [-0.4, -0.2) is 30.1 Å². The van der Waals surface area contributed by atoms with Crippen LogP contribution in [-0.2, 0) is 10.9 Å². The van der Waals surface area contributed by atoms with E-state index in [1.807, 2.05) is 6.07 Å². The minimum atomic E-state index is -4.43. The maximum absolute atomic E-state index is 13.2. The first kappa shape index (κ1) is 20.6. The summed E-state index contributed by atoms with van der Waals surface area (Å²) in [5.74, 6) is -0.212. The molecule has 3 aromatic rings. The number of anilines is 1. The van der Waals surface area contributed by atoms with E-state index in [1.165, 1.54) is 17.4 Å². The highest BCUT2D eigenvalue weighted by Crippen LogP contribution is 2.34. The molecule has 8 heteroatoms. The molecule has 156 valence electrons. The smallest absolute Gasteiger partial charge is 0.376 e. The van der Waals surface area contributed by atoms with Crippen LogP contribution in [0.5, 0.6) is 0 Å². The van der Waals surface area contributed by atoms with Crippen molar-refractivity contribution in [2.24, 2.45) is 0 Å². The minimum Gasteiger partial charge on any atom is -0.376 e. The van der Waals surface area contributed by atoms with Crippen LogP contribution in [0, 0.1) is 0 Å². The van der Waals surface area contributed by atoms with Gasteiger partial charge in [0.1, 0.15) is 0 Å². The summed E-state index contributed by atoms with van der Waals surface area (Å²) < 4.78 is 44.9. The molecule has 4 rings (SSSR count). The fraction of sp³-hybridized carbons (Fsp3) is 0.273. The molecule has 1 fully saturated rings. The molecule has 0 N–H and O–H groups in total. The second-order valence-corrected chi connectivity index (χ2v) is 7.85. The van der Waals surface area contributed by atoms with Gasteiger partial charge < -0.3 is 4.74 Å². The molecule has 1 aromatic heterocycles. The normalized spacial score (nSPS) is 16.6. The SMILES string of the molecule is O=C(c1ccccc1)N(CC1CCCO1)c1nc(-c2cccc(C(F)(F)F)c2)cs1. The Morgan fingerprint density at radius 2 is 1.97 bits per heavy atom. The van der Waals surface area contributed by atoms with Crippen LogP contribution < -0.4 is 4.90 Å². The average Bonchev–Trinajstić information content (AvgIpc) is 3.44. The summed E-state index contributed by atoms with van der Waals surface area (Å²) in [5, 5.41) is 2.11. The topological polar surface area (TPSA) is 42.4 Å². The monoisotopic (exact) mass is 432 g/mol. The number of halogens is 3. The molecule has 1 aliphatic heterocycles. The van der Waals surface area contributed by atoms with Crippen LogP contribution in [0.25, 0.3) is 11.3 Å². The number of nitrogens with zero attached hydrogens (tertiary/aromatic N) is 2. The van der Waals surface area contributed by atoms with Gasteiger partial charge in [0.2, 0.25) is 0 Å². The summed E-state index contributed by atoms with van der Waals surface area (Å²) >= 11 is 1.23. The number of ether oxygens (including phenoxy) is 1. The number of amides is 1. The van der Waals surface area contributed by atoms with Crippen molar-refractivity contribution in [2.45, 2.75) is 25.1 Å². The van der Waals surface area contributed by atoms with Gasteiger partial charge in [-0.3, -0.25) is 9.69 Å². The van der Waals surface area contributed by atoms with E-state index >= 15 is 0 Å². The Kier molecular flexibility index (Phi) is 5.87. The number of alkyl halides is 3. The Morgan fingerprint density at radius 1 is 1.17 bits per heavy atom. The van der Waals surface area contributed by atoms with Crippen LogP contribution >= 0.6 is 11.3 Å². The van der Waals surface area contributed by atoms with Gasteiger partial charge >= 0.3 is 6.18 Å². The van der Waals surface area contributed by atoms with Crippen molar-refractivity contribution in [2.75, 3.05) is 18.1 Å². The van der Waals surface area contributed by atoms with Gasteiger partial charge in [-0.05, 0) is 37.1 Å². The summed E-state index contributed by atoms with van der Waals surface area (Å²) in [6.45, 7) is 1.01. The lowest BCUT2D eigenvalue weighted by molar-refractivity contribution is -0.137. The lowest BCUT2D eigenvalue weighted by Gasteiger charge is -2.23. The van der Waals surface area contributed by atoms with E-state index in [1.54, 1.807) is 40.6 Å². The number of carbonyl (C=O) groups excluding carboxylic acids is 1. The van der Waals surface area contributed by atoms with Crippen molar-refractivity contribution >= 4 is 22.4 Å². The largest absolute Gasteiger partial charge is 0.416 e. The Bertz CT molecular complexity index is 1010. The van der Waals surface area contributed by atoms with Crippen LogP contribution in [0.1, 0.15) is 28.8 Å². The van der Waals surface area contributed by atoms with Crippen molar-refractivity contribution in [3.8, 4) is 11.3 Å². The van der Waals surface area contributed by atoms with Crippen molar-refractivity contribution in [1.29, 1.82) is 0 Å². The predicted octanol–water partition coefficient (Wildman–Crippen LogP) is 5.65. The van der Waals surface area contributed by atoms with Crippen LogP contribution in [0.4, 0.5) is 18.3 Å². The second kappa shape index (κ2) is 8.57. The van der Waals surface area contributed by atoms with Gasteiger partial charge in [-0.2, -0.15) is 13.2 Å². The van der Waals surface area contributed by atoms with Gasteiger partial charge in [-0.15, -0.1) is 11.3 Å². The van der Waals surface area contributed by atoms with E-state index in [0.29, 0.717) is 35.1 Å². The second-order valence-electron chi connectivity index (χ2n) is 7.01. The van der Waals surface area contributed by atoms with Gasteiger partial charge in [0, 0.05) is 23.1 Å². The summed E-state index contributed by atoms with van der Waals surface area (Å²) in [5.41, 5.74) is 0.549. The Labute approximate surface area is 175 Å². The van der Waals surface area contributed by atoms with Gasteiger partial charge in [-0.25, -0.2) is 4.98 Å². The molecule has 0 saturated carbocycles. The fourth-order valence-corrected chi connectivity index (χ4v) is 4.19. The standard InChI is InChI=1S/C22H19F3N2O2S/c23-22(24,25)17-9-4-8-16(12-17)19-14-30-21(26-19)27(13-18-10-5-11-29-18)20(28)15-6-2-1-3-7-15/h1-4,6-9,12,14,18H,5,10-11,13H2. The highest BCUT2D eigenvalue weighted by atomic mass is 32.1. The van der Waals surface area contributed by atoms with Crippen molar-refractivity contribution in [1.82, 2.24) is 4.98 Å². The van der Waals surface area contributed by atoms with Gasteiger partial charge in [0.25, 0.3) is 5.91 Å². The molecule has 30 heavy (non-hydrogen) atoms. The Hall–Kier alpha value is -2.71. The number of rotatable bonds is 5. The molecule has 1 saturated heterocycles. The van der Waals surface area contributed by atoms with E-state index < -0.39 is 11.7 Å². The molecule has 0 spiro atoms. The average molecular weight is 432 g/mol. The predicted molar refractivity (Wildman–Crippen MR) is 110 cm³/mol. The maximum atomic E-state index is 13.2. The molecular formula is C22H19F3N2O2S. The molecule has 1 atom stereocenters. The van der Waals surface area contributed by atoms with E-state index in [9.17, 15) is 18.0 Å². The van der Waals surface area contributed by atoms with Crippen LogP contribution in [0.3, 0.4) is 0 Å². The highest BCUT2D eigenvalue weighted by molar-refractivity contribution is 7.14. The summed E-state index contributed by atoms with van der Waals surface area (Å²) in [4.78, 5) is 19.2. The van der Waals surface area contributed by atoms with Crippen molar-refractivity contribution in [3.05, 3.63) is 71.1 Å². The van der Waals surface area contributed by atoms with Gasteiger partial charge in [0.15, 0.2) is 5.13 Å². The number of thiazole rings is 1. The highest BCUT2D eigenvalue weighted by Gasteiger charge is 2.31. The number of hydrogen-bond donors (Lipinski definition) is 0. The Balaban J connectivity index is 1.65. The first-order valence-corrected chi connectivity index (χ1v) is 10.4. The number of carbonyl (C=O) groups is 1. The molecule has 1 amide bonds. The fourth-order valence-electron chi connectivity index (χ4n) is 3.35. The number of aromatic nitrogens is 1. The van der Waals surface area contributed by atoms with Gasteiger partial charge in [-0.1, -0.05) is 30.3 Å². The number of benzene rings is 2. The molecule has 0 aliphatic carbocycles. The molecule has 1 aliphatic rings. The molecule has 4 nitrogen and oxygen atoms in total. The molecule has 0 radical (unpaired) electrons. The lowest BCUT2D eigenvalue weighted by atomic mass is 10.1. The van der Waals surface area contributed by atoms with E-state index in [2.05, 4.69) is 4.98 Å². The summed E-state index contributed by atoms with van der Waals surface area (Å²) in [6.07, 6.45) is -2.72. The summed E-state index contributed by atoms with van der Waals surface area (Å²) in [6, 6.07) is 13.9. The molecule has 1 unspecified atom stereocenters. The van der Waals surface area contributed by atoms with Gasteiger partial charge in [0.05, 0.1) is 23.9 Å². The zero-order valence-corrected chi connectivity index (χ0v) is 16.7. The zero-order valence-electron chi connectivity index (χ0n) is 15.9. The molecule has 2 aromatic carbocycles. The minimum absolute atomic E-state index is 0.0847. The molecular weight excluding hydrogens is 413 g/mol. The first-order valence-electron chi connectivity index (χ1n) is 9.53. The molecule has 2 heterocycles. The summed E-state index contributed by atoms with van der Waals surface area (Å²) in [7, 11) is 0. The van der Waals surface area contributed by atoms with Crippen molar-refractivity contribution in [3.63, 3.8) is 0 Å². The quantitative estimate of drug-likeness (QED) is 0.523. The third-order valence-corrected chi connectivity index (χ3v) is 5.75. The molecule has 0 bridgehead atoms. The number of hydrogen-bond acceptors (Lipinski definition) is 4. The van der Waals surface area contributed by atoms with E-state index in [0.717, 1.165) is 25.0 Å². The maximum Gasteiger partial charge on any atom is 0.416 e. The van der Waals surface area contributed by atoms with E-state index in [-0.39, 0.29) is 12.0 Å².